The summed E-state index contributed by atoms with van der Waals surface area (Å²) in [7, 11) is 1.79. The molecule has 0 aliphatic heterocycles. The summed E-state index contributed by atoms with van der Waals surface area (Å²) in [6, 6.07) is -0.348. The van der Waals surface area contributed by atoms with Gasteiger partial charge in [-0.1, -0.05) is 13.8 Å². The highest BCUT2D eigenvalue weighted by Gasteiger charge is 2.28. The van der Waals surface area contributed by atoms with Crippen molar-refractivity contribution in [1.82, 2.24) is 4.90 Å². The molecule has 1 atom stereocenters. The van der Waals surface area contributed by atoms with Gasteiger partial charge < -0.3 is 5.11 Å². The molecule has 1 N–H and O–H groups in total. The summed E-state index contributed by atoms with van der Waals surface area (Å²) in [4.78, 5) is 24.3. The van der Waals surface area contributed by atoms with E-state index in [1.54, 1.807) is 20.9 Å². The lowest BCUT2D eigenvalue weighted by Crippen LogP contribution is -2.45. The molecule has 0 amide bonds. The number of rotatable bonds is 6. The quantitative estimate of drug-likeness (QED) is 0.727. The summed E-state index contributed by atoms with van der Waals surface area (Å²) in [6.07, 6.45) is -0.119. The Morgan fingerprint density at radius 2 is 1.67 bits per heavy atom. The van der Waals surface area contributed by atoms with Gasteiger partial charge in [0.1, 0.15) is 0 Å². The van der Waals surface area contributed by atoms with Crippen molar-refractivity contribution in [1.29, 1.82) is 0 Å². The van der Waals surface area contributed by atoms with Gasteiger partial charge in [-0.15, -0.1) is 0 Å². The van der Waals surface area contributed by atoms with E-state index in [-0.39, 0.29) is 24.2 Å². The first-order valence-electron chi connectivity index (χ1n) is 5.24. The van der Waals surface area contributed by atoms with Crippen LogP contribution in [0.1, 0.15) is 34.1 Å². The third kappa shape index (κ3) is 4.42. The Labute approximate surface area is 91.3 Å². The van der Waals surface area contributed by atoms with Crippen molar-refractivity contribution in [2.24, 2.45) is 5.92 Å². The van der Waals surface area contributed by atoms with E-state index in [9.17, 15) is 9.59 Å². The lowest BCUT2D eigenvalue weighted by Gasteiger charge is -2.30. The van der Waals surface area contributed by atoms with Crippen molar-refractivity contribution in [3.63, 3.8) is 0 Å². The number of likely N-dealkylation sites (N-methyl/N-ethyl adjacent to an activating group) is 1. The molecular weight excluding hydrogens is 194 g/mol. The first-order chi connectivity index (χ1) is 6.77. The van der Waals surface area contributed by atoms with Crippen LogP contribution < -0.4 is 0 Å². The Balaban J connectivity index is 4.72. The van der Waals surface area contributed by atoms with Crippen LogP contribution in [0.3, 0.4) is 0 Å². The standard InChI is InChI=1S/C11H21NO3/c1-7(2)11(15)9(6-10(13)14)12(5)8(3)4/h7-9H,6H2,1-5H3,(H,13,14). The zero-order valence-corrected chi connectivity index (χ0v) is 10.2. The first kappa shape index (κ1) is 14.1. The van der Waals surface area contributed by atoms with E-state index in [1.165, 1.54) is 0 Å². The zero-order valence-electron chi connectivity index (χ0n) is 10.2. The molecule has 4 nitrogen and oxygen atoms in total. The number of carbonyl (C=O) groups excluding carboxylic acids is 1. The van der Waals surface area contributed by atoms with Crippen LogP contribution in [0.4, 0.5) is 0 Å². The zero-order chi connectivity index (χ0) is 12.2. The summed E-state index contributed by atoms with van der Waals surface area (Å²) in [5.74, 6) is -1.06. The number of carbonyl (C=O) groups is 2. The number of carboxylic acid groups (broad SMARTS) is 1. The second kappa shape index (κ2) is 5.85. The Kier molecular flexibility index (Phi) is 5.50. The number of ketones is 1. The SMILES string of the molecule is CC(C)C(=O)C(CC(=O)O)N(C)C(C)C. The molecule has 0 saturated carbocycles. The molecule has 0 radical (unpaired) electrons. The fraction of sp³-hybridized carbons (Fsp3) is 0.818. The normalized spacial score (nSPS) is 13.6. The van der Waals surface area contributed by atoms with Gasteiger partial charge in [0.2, 0.25) is 0 Å². The highest BCUT2D eigenvalue weighted by molar-refractivity contribution is 5.89. The van der Waals surface area contributed by atoms with E-state index in [4.69, 9.17) is 5.11 Å². The molecule has 15 heavy (non-hydrogen) atoms. The third-order valence-electron chi connectivity index (χ3n) is 2.57. The van der Waals surface area contributed by atoms with Gasteiger partial charge in [-0.2, -0.15) is 0 Å². The number of nitrogens with zero attached hydrogens (tertiary/aromatic N) is 1. The second-order valence-corrected chi connectivity index (χ2v) is 4.43. The Morgan fingerprint density at radius 1 is 1.20 bits per heavy atom. The molecular formula is C11H21NO3. The molecule has 1 unspecified atom stereocenters. The maximum atomic E-state index is 11.8. The highest BCUT2D eigenvalue weighted by atomic mass is 16.4. The maximum Gasteiger partial charge on any atom is 0.305 e. The Bertz CT molecular complexity index is 236. The van der Waals surface area contributed by atoms with Crippen LogP contribution in [0.5, 0.6) is 0 Å². The molecule has 0 fully saturated rings. The van der Waals surface area contributed by atoms with Crippen LogP contribution >= 0.6 is 0 Å². The summed E-state index contributed by atoms with van der Waals surface area (Å²) in [5, 5.41) is 8.77. The van der Waals surface area contributed by atoms with E-state index in [0.717, 1.165) is 0 Å². The number of Topliss-reactive ketones (excluding diaryl/α,β-unsaturated/α-hetero) is 1. The monoisotopic (exact) mass is 215 g/mol. The van der Waals surface area contributed by atoms with E-state index in [2.05, 4.69) is 0 Å². The molecule has 0 aromatic carbocycles. The minimum Gasteiger partial charge on any atom is -0.481 e. The van der Waals surface area contributed by atoms with E-state index >= 15 is 0 Å². The molecule has 4 heteroatoms. The lowest BCUT2D eigenvalue weighted by atomic mass is 9.97. The molecule has 0 saturated heterocycles. The molecule has 88 valence electrons. The van der Waals surface area contributed by atoms with Crippen LogP contribution in [0.15, 0.2) is 0 Å². The van der Waals surface area contributed by atoms with Crippen molar-refractivity contribution < 1.29 is 14.7 Å². The van der Waals surface area contributed by atoms with Crippen LogP contribution in [0, 0.1) is 5.92 Å². The van der Waals surface area contributed by atoms with Crippen LogP contribution in [0.25, 0.3) is 0 Å². The minimum absolute atomic E-state index is 0.00593. The van der Waals surface area contributed by atoms with Crippen LogP contribution in [-0.4, -0.2) is 40.9 Å². The molecule has 0 aliphatic rings. The Morgan fingerprint density at radius 3 is 1.93 bits per heavy atom. The third-order valence-corrected chi connectivity index (χ3v) is 2.57. The van der Waals surface area contributed by atoms with E-state index < -0.39 is 12.0 Å². The summed E-state index contributed by atoms with van der Waals surface area (Å²) in [6.45, 7) is 7.49. The van der Waals surface area contributed by atoms with E-state index in [0.29, 0.717) is 0 Å². The summed E-state index contributed by atoms with van der Waals surface area (Å²) < 4.78 is 0. The summed E-state index contributed by atoms with van der Waals surface area (Å²) in [5.41, 5.74) is 0. The summed E-state index contributed by atoms with van der Waals surface area (Å²) >= 11 is 0. The fourth-order valence-corrected chi connectivity index (χ4v) is 1.36. The van der Waals surface area contributed by atoms with Crippen molar-refractivity contribution in [3.05, 3.63) is 0 Å². The van der Waals surface area contributed by atoms with Gasteiger partial charge in [-0.25, -0.2) is 0 Å². The lowest BCUT2D eigenvalue weighted by molar-refractivity contribution is -0.142. The molecule has 0 aliphatic carbocycles. The van der Waals surface area contributed by atoms with Gasteiger partial charge in [-0.3, -0.25) is 14.5 Å². The van der Waals surface area contributed by atoms with Gasteiger partial charge >= 0.3 is 5.97 Å². The average molecular weight is 215 g/mol. The molecule has 0 heterocycles. The second-order valence-electron chi connectivity index (χ2n) is 4.43. The van der Waals surface area contributed by atoms with Crippen molar-refractivity contribution in [2.75, 3.05) is 7.05 Å². The largest absolute Gasteiger partial charge is 0.481 e. The molecule has 0 aromatic heterocycles. The van der Waals surface area contributed by atoms with E-state index in [1.807, 2.05) is 18.7 Å². The van der Waals surface area contributed by atoms with Crippen molar-refractivity contribution in [3.8, 4) is 0 Å². The number of hydrogen-bond acceptors (Lipinski definition) is 3. The highest BCUT2D eigenvalue weighted by Crippen LogP contribution is 2.12. The van der Waals surface area contributed by atoms with Gasteiger partial charge in [-0.05, 0) is 20.9 Å². The predicted molar refractivity (Wildman–Crippen MR) is 58.8 cm³/mol. The smallest absolute Gasteiger partial charge is 0.305 e. The molecule has 0 aromatic rings. The predicted octanol–water partition coefficient (Wildman–Crippen LogP) is 1.40. The van der Waals surface area contributed by atoms with Crippen LogP contribution in [-0.2, 0) is 9.59 Å². The van der Waals surface area contributed by atoms with Gasteiger partial charge in [0.25, 0.3) is 0 Å². The molecule has 0 spiro atoms. The average Bonchev–Trinajstić information content (AvgIpc) is 2.11. The number of aliphatic carboxylic acids is 1. The van der Waals surface area contributed by atoms with Crippen molar-refractivity contribution >= 4 is 11.8 Å². The maximum absolute atomic E-state index is 11.8. The fourth-order valence-electron chi connectivity index (χ4n) is 1.36. The first-order valence-corrected chi connectivity index (χ1v) is 5.24. The van der Waals surface area contributed by atoms with Crippen LogP contribution in [0.2, 0.25) is 0 Å². The minimum atomic E-state index is -0.929. The van der Waals surface area contributed by atoms with Gasteiger partial charge in [0, 0.05) is 12.0 Å². The molecule has 0 rings (SSSR count). The van der Waals surface area contributed by atoms with Gasteiger partial charge in [0.05, 0.1) is 12.5 Å². The van der Waals surface area contributed by atoms with Crippen molar-refractivity contribution in [2.45, 2.75) is 46.2 Å². The number of carboxylic acids is 1. The topological polar surface area (TPSA) is 57.6 Å². The van der Waals surface area contributed by atoms with Gasteiger partial charge in [0.15, 0.2) is 5.78 Å². The molecule has 0 bridgehead atoms. The number of hydrogen-bond donors (Lipinski definition) is 1. The Hall–Kier alpha value is -0.900.